The van der Waals surface area contributed by atoms with Gasteiger partial charge in [0.05, 0.1) is 23.3 Å². The van der Waals surface area contributed by atoms with Crippen molar-refractivity contribution in [3.8, 4) is 17.3 Å². The maximum Gasteiger partial charge on any atom is 0.276 e. The van der Waals surface area contributed by atoms with Crippen LogP contribution in [0.2, 0.25) is 5.02 Å². The number of nitriles is 1. The topological polar surface area (TPSA) is 103 Å². The second-order valence-corrected chi connectivity index (χ2v) is 7.46. The van der Waals surface area contributed by atoms with E-state index in [0.717, 1.165) is 0 Å². The van der Waals surface area contributed by atoms with Gasteiger partial charge < -0.3 is 4.90 Å². The first kappa shape index (κ1) is 21.2. The molecule has 160 valence electrons. The molecule has 0 saturated carbocycles. The van der Waals surface area contributed by atoms with Crippen molar-refractivity contribution in [2.45, 2.75) is 19.5 Å². The molecule has 0 spiro atoms. The van der Waals surface area contributed by atoms with Crippen molar-refractivity contribution in [1.29, 1.82) is 5.26 Å². The molecule has 32 heavy (non-hydrogen) atoms. The van der Waals surface area contributed by atoms with Gasteiger partial charge in [-0.05, 0) is 43.3 Å². The lowest BCUT2D eigenvalue weighted by Gasteiger charge is -2.28. The Labute approximate surface area is 187 Å². The number of rotatable bonds is 6. The average Bonchev–Trinajstić information content (AvgIpc) is 3.47. The van der Waals surface area contributed by atoms with E-state index in [2.05, 4.69) is 20.3 Å². The third-order valence-corrected chi connectivity index (χ3v) is 5.17. The molecule has 0 radical (unpaired) electrons. The molecule has 10 heteroatoms. The van der Waals surface area contributed by atoms with Gasteiger partial charge in [-0.1, -0.05) is 11.6 Å². The van der Waals surface area contributed by atoms with E-state index in [1.165, 1.54) is 18.3 Å². The van der Waals surface area contributed by atoms with Crippen LogP contribution >= 0.6 is 11.6 Å². The Balaban J connectivity index is 1.60. The van der Waals surface area contributed by atoms with Gasteiger partial charge >= 0.3 is 0 Å². The van der Waals surface area contributed by atoms with E-state index in [4.69, 9.17) is 16.9 Å². The maximum absolute atomic E-state index is 14.1. The summed E-state index contributed by atoms with van der Waals surface area (Å²) in [6.07, 6.45) is 6.49. The molecule has 1 N–H and O–H groups in total. The van der Waals surface area contributed by atoms with E-state index in [0.29, 0.717) is 29.2 Å². The second-order valence-electron chi connectivity index (χ2n) is 7.05. The molecule has 0 aliphatic carbocycles. The number of aromatic amines is 1. The van der Waals surface area contributed by atoms with Gasteiger partial charge in [0.15, 0.2) is 0 Å². The number of hydrogen-bond acceptors (Lipinski definition) is 5. The highest BCUT2D eigenvalue weighted by Gasteiger charge is 2.25. The molecule has 3 heterocycles. The second kappa shape index (κ2) is 8.99. The summed E-state index contributed by atoms with van der Waals surface area (Å²) in [4.78, 5) is 18.8. The van der Waals surface area contributed by atoms with Crippen LogP contribution in [0, 0.1) is 17.1 Å². The van der Waals surface area contributed by atoms with Crippen LogP contribution in [0.3, 0.4) is 0 Å². The summed E-state index contributed by atoms with van der Waals surface area (Å²) in [6, 6.07) is 11.0. The first-order valence-corrected chi connectivity index (χ1v) is 10.0. The van der Waals surface area contributed by atoms with E-state index in [1.54, 1.807) is 58.5 Å². The van der Waals surface area contributed by atoms with Gasteiger partial charge in [0, 0.05) is 36.0 Å². The van der Waals surface area contributed by atoms with Crippen LogP contribution in [-0.2, 0) is 6.54 Å². The first-order chi connectivity index (χ1) is 15.5. The van der Waals surface area contributed by atoms with Gasteiger partial charge in [-0.2, -0.15) is 15.5 Å². The molecular formula is C22H17ClFN7O. The molecule has 4 aromatic rings. The summed E-state index contributed by atoms with van der Waals surface area (Å²) in [5.41, 5.74) is 1.79. The number of H-pyrrole nitrogens is 1. The Bertz CT molecular complexity index is 1260. The number of aromatic nitrogens is 5. The Hall–Kier alpha value is -4.03. The fourth-order valence-corrected chi connectivity index (χ4v) is 3.63. The largest absolute Gasteiger partial charge is 0.302 e. The lowest BCUT2D eigenvalue weighted by molar-refractivity contribution is 0.0971. The summed E-state index contributed by atoms with van der Waals surface area (Å²) in [6.45, 7) is 2.27. The first-order valence-electron chi connectivity index (χ1n) is 9.64. The Morgan fingerprint density at radius 2 is 2.06 bits per heavy atom. The smallest absolute Gasteiger partial charge is 0.276 e. The monoisotopic (exact) mass is 449 g/mol. The van der Waals surface area contributed by atoms with E-state index < -0.39 is 5.82 Å². The van der Waals surface area contributed by atoms with Gasteiger partial charge in [-0.25, -0.2) is 4.39 Å². The zero-order valence-corrected chi connectivity index (χ0v) is 17.7. The van der Waals surface area contributed by atoms with Crippen molar-refractivity contribution < 1.29 is 9.18 Å². The average molecular weight is 450 g/mol. The number of benzene rings is 1. The highest BCUT2D eigenvalue weighted by molar-refractivity contribution is 6.32. The Kier molecular flexibility index (Phi) is 5.96. The van der Waals surface area contributed by atoms with E-state index in [9.17, 15) is 9.18 Å². The van der Waals surface area contributed by atoms with Crippen molar-refractivity contribution in [3.05, 3.63) is 83.3 Å². The van der Waals surface area contributed by atoms with Crippen molar-refractivity contribution in [3.63, 3.8) is 0 Å². The highest BCUT2D eigenvalue weighted by Crippen LogP contribution is 2.27. The molecule has 1 aromatic carbocycles. The fraction of sp³-hybridized carbons (Fsp3) is 0.136. The number of nitrogens with zero attached hydrogens (tertiary/aromatic N) is 6. The number of carbonyl (C=O) groups is 1. The predicted molar refractivity (Wildman–Crippen MR) is 116 cm³/mol. The summed E-state index contributed by atoms with van der Waals surface area (Å²) < 4.78 is 15.8. The molecule has 4 rings (SSSR count). The summed E-state index contributed by atoms with van der Waals surface area (Å²) >= 11 is 6.01. The van der Waals surface area contributed by atoms with E-state index >= 15 is 0 Å². The molecule has 0 aliphatic rings. The van der Waals surface area contributed by atoms with Crippen LogP contribution in [0.4, 0.5) is 10.1 Å². The molecule has 0 bridgehead atoms. The lowest BCUT2D eigenvalue weighted by Crippen LogP contribution is -2.41. The van der Waals surface area contributed by atoms with Gasteiger partial charge in [-0.3, -0.25) is 19.6 Å². The number of hydrogen-bond donors (Lipinski definition) is 1. The predicted octanol–water partition coefficient (Wildman–Crippen LogP) is 4.07. The van der Waals surface area contributed by atoms with Crippen molar-refractivity contribution >= 4 is 23.2 Å². The van der Waals surface area contributed by atoms with Crippen LogP contribution in [0.5, 0.6) is 0 Å². The number of halogens is 2. The molecule has 1 atom stereocenters. The number of nitrogens with one attached hydrogen (secondary N) is 1. The molecule has 0 unspecified atom stereocenters. The third kappa shape index (κ3) is 4.22. The summed E-state index contributed by atoms with van der Waals surface area (Å²) in [5.74, 6) is -0.943. The van der Waals surface area contributed by atoms with Gasteiger partial charge in [0.2, 0.25) is 0 Å². The zero-order valence-electron chi connectivity index (χ0n) is 16.9. The van der Waals surface area contributed by atoms with Gasteiger partial charge in [-0.15, -0.1) is 0 Å². The summed E-state index contributed by atoms with van der Waals surface area (Å²) in [5, 5.41) is 20.1. The van der Waals surface area contributed by atoms with Crippen molar-refractivity contribution in [2.75, 3.05) is 4.90 Å². The highest BCUT2D eigenvalue weighted by atomic mass is 35.5. The number of carbonyl (C=O) groups excluding carboxylic acids is 1. The van der Waals surface area contributed by atoms with Crippen LogP contribution in [0.15, 0.2) is 61.2 Å². The quantitative estimate of drug-likeness (QED) is 0.478. The third-order valence-electron chi connectivity index (χ3n) is 4.87. The maximum atomic E-state index is 14.1. The number of amides is 1. The molecule has 8 nitrogen and oxygen atoms in total. The van der Waals surface area contributed by atoms with Crippen LogP contribution in [0.25, 0.3) is 11.3 Å². The Morgan fingerprint density at radius 3 is 2.72 bits per heavy atom. The SMILES string of the molecule is C[C@@H](Cn1ccc(-c2cc(F)c(C#N)c(Cl)c2)n1)N(C(=O)c1ccn[nH]1)c1ccncc1. The standard InChI is InChI=1S/C22H17ClFN7O/c1-14(31(16-2-6-26-7-3-16)22(32)21-4-8-27-28-21)13-30-9-5-20(29-30)15-10-18(23)17(12-25)19(24)11-15/h2-11,14H,13H2,1H3,(H,27,28)/t14-/m0/s1. The minimum Gasteiger partial charge on any atom is -0.302 e. The number of pyridine rings is 1. The number of anilines is 1. The van der Waals surface area contributed by atoms with Crippen LogP contribution in [-0.4, -0.2) is 36.9 Å². The normalized spacial score (nSPS) is 11.7. The molecule has 1 amide bonds. The minimum atomic E-state index is -0.702. The van der Waals surface area contributed by atoms with Gasteiger partial charge in [0.25, 0.3) is 5.91 Å². The molecule has 0 aliphatic heterocycles. The minimum absolute atomic E-state index is 0.0273. The van der Waals surface area contributed by atoms with E-state index in [1.807, 2.05) is 6.92 Å². The van der Waals surface area contributed by atoms with Crippen LogP contribution < -0.4 is 4.90 Å². The fourth-order valence-electron chi connectivity index (χ4n) is 3.38. The van der Waals surface area contributed by atoms with Crippen LogP contribution in [0.1, 0.15) is 23.0 Å². The zero-order chi connectivity index (χ0) is 22.7. The summed E-state index contributed by atoms with van der Waals surface area (Å²) in [7, 11) is 0. The van der Waals surface area contributed by atoms with Gasteiger partial charge in [0.1, 0.15) is 23.1 Å². The van der Waals surface area contributed by atoms with Crippen molar-refractivity contribution in [1.82, 2.24) is 25.0 Å². The van der Waals surface area contributed by atoms with E-state index in [-0.39, 0.29) is 22.5 Å². The molecule has 0 fully saturated rings. The van der Waals surface area contributed by atoms with Crippen molar-refractivity contribution in [2.24, 2.45) is 0 Å². The lowest BCUT2D eigenvalue weighted by atomic mass is 10.1. The molecule has 0 saturated heterocycles. The molecule has 3 aromatic heterocycles. The molecular weight excluding hydrogens is 433 g/mol. The Morgan fingerprint density at radius 1 is 1.28 bits per heavy atom.